The third kappa shape index (κ3) is 3.95. The first-order valence-corrected chi connectivity index (χ1v) is 6.08. The lowest BCUT2D eigenvalue weighted by atomic mass is 10.1. The van der Waals surface area contributed by atoms with Crippen molar-refractivity contribution >= 4 is 0 Å². The normalized spacial score (nSPS) is 11.5. The van der Waals surface area contributed by atoms with Crippen molar-refractivity contribution in [2.24, 2.45) is 0 Å². The Morgan fingerprint density at radius 2 is 1.57 bits per heavy atom. The Balaban J connectivity index is 2.21. The van der Waals surface area contributed by atoms with E-state index in [0.717, 1.165) is 12.1 Å². The van der Waals surface area contributed by atoms with Crippen LogP contribution in [0.15, 0.2) is 42.5 Å². The van der Waals surface area contributed by atoms with E-state index in [2.05, 4.69) is 0 Å². The summed E-state index contributed by atoms with van der Waals surface area (Å²) in [5, 5.41) is 8.91. The molecular formula is C15H12F4O2. The van der Waals surface area contributed by atoms with Crippen LogP contribution in [-0.4, -0.2) is 5.11 Å². The van der Waals surface area contributed by atoms with Crippen LogP contribution in [0.3, 0.4) is 0 Å². The molecule has 2 rings (SSSR count). The predicted octanol–water partition coefficient (Wildman–Crippen LogP) is 3.92. The van der Waals surface area contributed by atoms with Gasteiger partial charge in [-0.05, 0) is 35.4 Å². The van der Waals surface area contributed by atoms with Crippen LogP contribution in [0.5, 0.6) is 5.75 Å². The summed E-state index contributed by atoms with van der Waals surface area (Å²) in [4.78, 5) is 0. The molecular weight excluding hydrogens is 288 g/mol. The first kappa shape index (κ1) is 15.3. The van der Waals surface area contributed by atoms with Gasteiger partial charge in [0.1, 0.15) is 18.2 Å². The highest BCUT2D eigenvalue weighted by molar-refractivity contribution is 5.39. The van der Waals surface area contributed by atoms with Gasteiger partial charge in [-0.1, -0.05) is 18.2 Å². The van der Waals surface area contributed by atoms with Gasteiger partial charge >= 0.3 is 6.18 Å². The van der Waals surface area contributed by atoms with Crippen molar-refractivity contribution in [3.63, 3.8) is 0 Å². The monoisotopic (exact) mass is 300 g/mol. The molecule has 1 N–H and O–H groups in total. The number of aliphatic hydroxyl groups is 1. The van der Waals surface area contributed by atoms with Crippen molar-refractivity contribution in [3.05, 3.63) is 65.0 Å². The van der Waals surface area contributed by atoms with E-state index in [1.807, 2.05) is 0 Å². The number of alkyl halides is 3. The smallest absolute Gasteiger partial charge is 0.419 e. The molecule has 0 saturated carbocycles. The van der Waals surface area contributed by atoms with Crippen LogP contribution >= 0.6 is 0 Å². The second-order valence-electron chi connectivity index (χ2n) is 4.40. The number of rotatable bonds is 4. The van der Waals surface area contributed by atoms with E-state index in [4.69, 9.17) is 9.84 Å². The highest BCUT2D eigenvalue weighted by Gasteiger charge is 2.34. The van der Waals surface area contributed by atoms with Crippen LogP contribution in [0, 0.1) is 5.82 Å². The fourth-order valence-electron chi connectivity index (χ4n) is 1.76. The Kier molecular flexibility index (Phi) is 4.47. The molecule has 0 heterocycles. The van der Waals surface area contributed by atoms with E-state index in [0.29, 0.717) is 5.56 Å². The molecule has 6 heteroatoms. The van der Waals surface area contributed by atoms with E-state index >= 15 is 0 Å². The minimum absolute atomic E-state index is 0.109. The van der Waals surface area contributed by atoms with Crippen molar-refractivity contribution in [2.45, 2.75) is 19.4 Å². The number of ether oxygens (including phenoxy) is 1. The van der Waals surface area contributed by atoms with E-state index in [9.17, 15) is 17.6 Å². The maximum atomic E-state index is 12.9. The van der Waals surface area contributed by atoms with Crippen LogP contribution in [-0.2, 0) is 19.4 Å². The zero-order valence-corrected chi connectivity index (χ0v) is 10.8. The molecule has 0 spiro atoms. The Morgan fingerprint density at radius 3 is 2.14 bits per heavy atom. The van der Waals surface area contributed by atoms with Crippen molar-refractivity contribution in [3.8, 4) is 5.75 Å². The zero-order valence-electron chi connectivity index (χ0n) is 10.8. The first-order valence-electron chi connectivity index (χ1n) is 6.08. The van der Waals surface area contributed by atoms with Gasteiger partial charge in [0.05, 0.1) is 12.2 Å². The molecule has 2 nitrogen and oxygen atoms in total. The van der Waals surface area contributed by atoms with Gasteiger partial charge in [-0.15, -0.1) is 0 Å². The van der Waals surface area contributed by atoms with E-state index in [1.165, 1.54) is 30.3 Å². The first-order chi connectivity index (χ1) is 9.90. The molecule has 0 unspecified atom stereocenters. The molecule has 21 heavy (non-hydrogen) atoms. The van der Waals surface area contributed by atoms with Gasteiger partial charge in [-0.2, -0.15) is 13.2 Å². The lowest BCUT2D eigenvalue weighted by molar-refractivity contribution is -0.139. The molecule has 0 aliphatic heterocycles. The van der Waals surface area contributed by atoms with Gasteiger partial charge in [0.2, 0.25) is 0 Å². The standard InChI is InChI=1S/C15H12F4O2/c16-12-4-1-10(2-5-12)9-21-14-6-3-11(8-20)7-13(14)15(17,18)19/h1-7,20H,8-9H2. The van der Waals surface area contributed by atoms with E-state index < -0.39 is 24.2 Å². The van der Waals surface area contributed by atoms with Crippen molar-refractivity contribution in [1.82, 2.24) is 0 Å². The fraction of sp³-hybridized carbons (Fsp3) is 0.200. The highest BCUT2D eigenvalue weighted by Crippen LogP contribution is 2.37. The van der Waals surface area contributed by atoms with Gasteiger partial charge in [-0.25, -0.2) is 4.39 Å². The summed E-state index contributed by atoms with van der Waals surface area (Å²) in [5.41, 5.74) is -0.247. The van der Waals surface area contributed by atoms with Crippen LogP contribution in [0.25, 0.3) is 0 Å². The third-order valence-corrected chi connectivity index (χ3v) is 2.84. The van der Waals surface area contributed by atoms with Crippen LogP contribution in [0.2, 0.25) is 0 Å². The Bertz CT molecular complexity index is 606. The Labute approximate surface area is 118 Å². The lowest BCUT2D eigenvalue weighted by Gasteiger charge is -2.15. The van der Waals surface area contributed by atoms with Gasteiger partial charge in [0, 0.05) is 0 Å². The zero-order chi connectivity index (χ0) is 15.5. The molecule has 0 bridgehead atoms. The molecule has 112 valence electrons. The molecule has 0 fully saturated rings. The highest BCUT2D eigenvalue weighted by atomic mass is 19.4. The molecule has 0 aromatic heterocycles. The fourth-order valence-corrected chi connectivity index (χ4v) is 1.76. The van der Waals surface area contributed by atoms with Gasteiger partial charge in [-0.3, -0.25) is 0 Å². The molecule has 0 saturated heterocycles. The maximum Gasteiger partial charge on any atom is 0.419 e. The summed E-state index contributed by atoms with van der Waals surface area (Å²) >= 11 is 0. The summed E-state index contributed by atoms with van der Waals surface area (Å²) < 4.78 is 56.7. The second kappa shape index (κ2) is 6.13. The summed E-state index contributed by atoms with van der Waals surface area (Å²) in [6.45, 7) is -0.594. The topological polar surface area (TPSA) is 29.5 Å². The average molecular weight is 300 g/mol. The Hall–Kier alpha value is -2.08. The summed E-state index contributed by atoms with van der Waals surface area (Å²) in [6, 6.07) is 8.65. The molecule has 0 aliphatic rings. The SMILES string of the molecule is OCc1ccc(OCc2ccc(F)cc2)c(C(F)(F)F)c1. The number of hydrogen-bond donors (Lipinski definition) is 1. The summed E-state index contributed by atoms with van der Waals surface area (Å²) in [7, 11) is 0. The molecule has 0 amide bonds. The largest absolute Gasteiger partial charge is 0.488 e. The number of hydrogen-bond acceptors (Lipinski definition) is 2. The summed E-state index contributed by atoms with van der Waals surface area (Å²) in [6.07, 6.45) is -4.58. The second-order valence-corrected chi connectivity index (χ2v) is 4.40. The molecule has 0 radical (unpaired) electrons. The number of halogens is 4. The van der Waals surface area contributed by atoms with Crippen LogP contribution < -0.4 is 4.74 Å². The number of aliphatic hydroxyl groups excluding tert-OH is 1. The van der Waals surface area contributed by atoms with Gasteiger partial charge in [0.25, 0.3) is 0 Å². The van der Waals surface area contributed by atoms with Crippen molar-refractivity contribution in [1.29, 1.82) is 0 Å². The summed E-state index contributed by atoms with van der Waals surface area (Å²) in [5.74, 6) is -0.758. The third-order valence-electron chi connectivity index (χ3n) is 2.84. The predicted molar refractivity (Wildman–Crippen MR) is 68.1 cm³/mol. The Morgan fingerprint density at radius 1 is 0.952 bits per heavy atom. The maximum absolute atomic E-state index is 12.9. The van der Waals surface area contributed by atoms with Crippen LogP contribution in [0.4, 0.5) is 17.6 Å². The molecule has 2 aromatic rings. The van der Waals surface area contributed by atoms with Crippen LogP contribution in [0.1, 0.15) is 16.7 Å². The molecule has 0 atom stereocenters. The van der Waals surface area contributed by atoms with Gasteiger partial charge in [0.15, 0.2) is 0 Å². The van der Waals surface area contributed by atoms with Crippen molar-refractivity contribution in [2.75, 3.05) is 0 Å². The van der Waals surface area contributed by atoms with Crippen molar-refractivity contribution < 1.29 is 27.4 Å². The molecule has 0 aliphatic carbocycles. The minimum Gasteiger partial charge on any atom is -0.488 e. The number of benzene rings is 2. The minimum atomic E-state index is -4.58. The van der Waals surface area contributed by atoms with E-state index in [1.54, 1.807) is 0 Å². The molecule has 2 aromatic carbocycles. The quantitative estimate of drug-likeness (QED) is 0.867. The van der Waals surface area contributed by atoms with Gasteiger partial charge < -0.3 is 9.84 Å². The lowest BCUT2D eigenvalue weighted by Crippen LogP contribution is -2.09. The van der Waals surface area contributed by atoms with E-state index in [-0.39, 0.29) is 17.9 Å². The average Bonchev–Trinajstić information content (AvgIpc) is 2.45.